The van der Waals surface area contributed by atoms with E-state index in [-0.39, 0.29) is 5.69 Å². The number of benzene rings is 1. The van der Waals surface area contributed by atoms with Gasteiger partial charge >= 0.3 is 6.55 Å². The van der Waals surface area contributed by atoms with Crippen LogP contribution in [0.25, 0.3) is 10.9 Å². The summed E-state index contributed by atoms with van der Waals surface area (Å²) in [5.41, 5.74) is 0.779. The molecule has 0 saturated carbocycles. The number of aromatic nitrogens is 3. The number of fused-ring (bicyclic) bond motifs is 1. The smallest absolute Gasteiger partial charge is 0.319 e. The number of rotatable bonds is 3. The quantitative estimate of drug-likeness (QED) is 0.765. The van der Waals surface area contributed by atoms with Crippen molar-refractivity contribution in [3.05, 3.63) is 52.9 Å². The first-order chi connectivity index (χ1) is 10.6. The lowest BCUT2D eigenvalue weighted by Gasteiger charge is -2.10. The SMILES string of the molecule is O=C(Nc1ccc(Br)c2cccnc12)c1ccnn1C(F)F. The maximum Gasteiger partial charge on any atom is 0.333 e. The van der Waals surface area contributed by atoms with E-state index in [1.807, 2.05) is 6.07 Å². The monoisotopic (exact) mass is 366 g/mol. The molecule has 2 heterocycles. The van der Waals surface area contributed by atoms with E-state index >= 15 is 0 Å². The van der Waals surface area contributed by atoms with Crippen LogP contribution in [0.15, 0.2) is 47.2 Å². The Hall–Kier alpha value is -2.35. The van der Waals surface area contributed by atoms with Gasteiger partial charge < -0.3 is 5.32 Å². The van der Waals surface area contributed by atoms with Gasteiger partial charge in [-0.3, -0.25) is 9.78 Å². The standard InChI is InChI=1S/C14H9BrF2N4O/c15-9-3-4-10(12-8(9)2-1-6-18-12)20-13(22)11-5-7-19-21(11)14(16)17/h1-7,14H,(H,20,22). The number of carbonyl (C=O) groups is 1. The molecule has 0 aliphatic carbocycles. The molecule has 0 spiro atoms. The van der Waals surface area contributed by atoms with E-state index in [0.717, 1.165) is 16.1 Å². The summed E-state index contributed by atoms with van der Waals surface area (Å²) in [5.74, 6) is -0.674. The fourth-order valence-electron chi connectivity index (χ4n) is 2.07. The second-order valence-corrected chi connectivity index (χ2v) is 5.24. The largest absolute Gasteiger partial charge is 0.333 e. The van der Waals surface area contributed by atoms with Gasteiger partial charge in [0.2, 0.25) is 0 Å². The summed E-state index contributed by atoms with van der Waals surface area (Å²) in [6.07, 6.45) is 2.74. The van der Waals surface area contributed by atoms with Gasteiger partial charge in [0.15, 0.2) is 0 Å². The van der Waals surface area contributed by atoms with Crippen LogP contribution in [0.1, 0.15) is 17.0 Å². The van der Waals surface area contributed by atoms with Crippen molar-refractivity contribution in [3.8, 4) is 0 Å². The molecule has 1 amide bonds. The first-order valence-corrected chi connectivity index (χ1v) is 7.03. The fraction of sp³-hybridized carbons (Fsp3) is 0.0714. The minimum absolute atomic E-state index is 0.220. The van der Waals surface area contributed by atoms with Crippen LogP contribution in [-0.2, 0) is 0 Å². The van der Waals surface area contributed by atoms with Crippen molar-refractivity contribution >= 4 is 38.4 Å². The fourth-order valence-corrected chi connectivity index (χ4v) is 2.53. The molecule has 1 aromatic carbocycles. The highest BCUT2D eigenvalue weighted by Crippen LogP contribution is 2.28. The molecule has 1 N–H and O–H groups in total. The van der Waals surface area contributed by atoms with Gasteiger partial charge in [-0.1, -0.05) is 22.0 Å². The zero-order chi connectivity index (χ0) is 15.7. The number of nitrogens with zero attached hydrogens (tertiary/aromatic N) is 3. The van der Waals surface area contributed by atoms with E-state index in [0.29, 0.717) is 15.9 Å². The third kappa shape index (κ3) is 2.57. The van der Waals surface area contributed by atoms with Crippen LogP contribution in [-0.4, -0.2) is 20.7 Å². The second-order valence-electron chi connectivity index (χ2n) is 4.39. The molecule has 0 unspecified atom stereocenters. The third-order valence-corrected chi connectivity index (χ3v) is 3.74. The van der Waals surface area contributed by atoms with Crippen LogP contribution in [0.3, 0.4) is 0 Å². The normalized spacial score (nSPS) is 11.1. The zero-order valence-corrected chi connectivity index (χ0v) is 12.6. The molecule has 0 fully saturated rings. The van der Waals surface area contributed by atoms with Gasteiger partial charge in [-0.15, -0.1) is 0 Å². The average Bonchev–Trinajstić information content (AvgIpc) is 3.00. The minimum atomic E-state index is -2.88. The van der Waals surface area contributed by atoms with Crippen molar-refractivity contribution in [1.82, 2.24) is 14.8 Å². The number of anilines is 1. The van der Waals surface area contributed by atoms with E-state index in [2.05, 4.69) is 31.3 Å². The molecule has 3 aromatic rings. The Morgan fingerprint density at radius 1 is 1.23 bits per heavy atom. The van der Waals surface area contributed by atoms with Crippen LogP contribution in [0.5, 0.6) is 0 Å². The van der Waals surface area contributed by atoms with Crippen molar-refractivity contribution < 1.29 is 13.6 Å². The Labute approximate surface area is 132 Å². The molecule has 112 valence electrons. The van der Waals surface area contributed by atoms with Crippen molar-refractivity contribution in [3.63, 3.8) is 0 Å². The van der Waals surface area contributed by atoms with Crippen molar-refractivity contribution in [2.75, 3.05) is 5.32 Å². The predicted molar refractivity (Wildman–Crippen MR) is 80.9 cm³/mol. The minimum Gasteiger partial charge on any atom is -0.319 e. The van der Waals surface area contributed by atoms with Gasteiger partial charge in [-0.05, 0) is 24.3 Å². The summed E-state index contributed by atoms with van der Waals surface area (Å²) in [5, 5.41) is 6.84. The summed E-state index contributed by atoms with van der Waals surface area (Å²) in [7, 11) is 0. The summed E-state index contributed by atoms with van der Waals surface area (Å²) in [6, 6.07) is 8.25. The lowest BCUT2D eigenvalue weighted by Crippen LogP contribution is -2.18. The number of carbonyl (C=O) groups excluding carboxylic acids is 1. The Morgan fingerprint density at radius 2 is 2.05 bits per heavy atom. The van der Waals surface area contributed by atoms with Gasteiger partial charge in [-0.25, -0.2) is 0 Å². The lowest BCUT2D eigenvalue weighted by molar-refractivity contribution is 0.0520. The molecule has 8 heteroatoms. The lowest BCUT2D eigenvalue weighted by atomic mass is 10.2. The first-order valence-electron chi connectivity index (χ1n) is 6.24. The van der Waals surface area contributed by atoms with Gasteiger partial charge in [0, 0.05) is 22.3 Å². The molecule has 0 bridgehead atoms. The summed E-state index contributed by atoms with van der Waals surface area (Å²) < 4.78 is 26.7. The molecular weight excluding hydrogens is 358 g/mol. The summed E-state index contributed by atoms with van der Waals surface area (Å²) in [4.78, 5) is 16.4. The number of alkyl halides is 2. The number of hydrogen-bond donors (Lipinski definition) is 1. The van der Waals surface area contributed by atoms with Crippen molar-refractivity contribution in [2.45, 2.75) is 6.55 Å². The first kappa shape index (κ1) is 14.6. The number of hydrogen-bond acceptors (Lipinski definition) is 3. The van der Waals surface area contributed by atoms with E-state index < -0.39 is 12.5 Å². The maximum atomic E-state index is 12.8. The van der Waals surface area contributed by atoms with E-state index in [1.54, 1.807) is 24.4 Å². The molecule has 0 saturated heterocycles. The molecule has 5 nitrogen and oxygen atoms in total. The number of pyridine rings is 1. The zero-order valence-electron chi connectivity index (χ0n) is 11.0. The van der Waals surface area contributed by atoms with Gasteiger partial charge in [-0.2, -0.15) is 18.6 Å². The summed E-state index contributed by atoms with van der Waals surface area (Å²) >= 11 is 3.40. The number of halogens is 3. The Morgan fingerprint density at radius 3 is 2.82 bits per heavy atom. The predicted octanol–water partition coefficient (Wildman–Crippen LogP) is 3.84. The van der Waals surface area contributed by atoms with Crippen molar-refractivity contribution in [2.24, 2.45) is 0 Å². The van der Waals surface area contributed by atoms with Crippen LogP contribution >= 0.6 is 15.9 Å². The molecule has 0 atom stereocenters. The van der Waals surface area contributed by atoms with Gasteiger partial charge in [0.1, 0.15) is 5.69 Å². The molecule has 3 rings (SSSR count). The molecule has 0 radical (unpaired) electrons. The highest BCUT2D eigenvalue weighted by molar-refractivity contribution is 9.10. The molecule has 2 aromatic heterocycles. The van der Waals surface area contributed by atoms with Crippen molar-refractivity contribution in [1.29, 1.82) is 0 Å². The highest BCUT2D eigenvalue weighted by atomic mass is 79.9. The number of amides is 1. The van der Waals surface area contributed by atoms with Crippen LogP contribution in [0.2, 0.25) is 0 Å². The number of nitrogens with one attached hydrogen (secondary N) is 1. The molecular formula is C14H9BrF2N4O. The average molecular weight is 367 g/mol. The highest BCUT2D eigenvalue weighted by Gasteiger charge is 2.19. The van der Waals surface area contributed by atoms with Gasteiger partial charge in [0.25, 0.3) is 5.91 Å². The Balaban J connectivity index is 1.98. The molecule has 22 heavy (non-hydrogen) atoms. The topological polar surface area (TPSA) is 59.8 Å². The van der Waals surface area contributed by atoms with Crippen LogP contribution < -0.4 is 5.32 Å². The van der Waals surface area contributed by atoms with Crippen LogP contribution in [0, 0.1) is 0 Å². The van der Waals surface area contributed by atoms with E-state index in [4.69, 9.17) is 0 Å². The van der Waals surface area contributed by atoms with Crippen LogP contribution in [0.4, 0.5) is 14.5 Å². The Bertz CT molecular complexity index is 850. The maximum absolute atomic E-state index is 12.8. The Kier molecular flexibility index (Phi) is 3.84. The third-order valence-electron chi connectivity index (χ3n) is 3.05. The van der Waals surface area contributed by atoms with E-state index in [9.17, 15) is 13.6 Å². The molecule has 0 aliphatic rings. The summed E-state index contributed by atoms with van der Waals surface area (Å²) in [6.45, 7) is -2.88. The molecule has 0 aliphatic heterocycles. The second kappa shape index (κ2) is 5.80. The van der Waals surface area contributed by atoms with E-state index in [1.165, 1.54) is 6.07 Å². The van der Waals surface area contributed by atoms with Gasteiger partial charge in [0.05, 0.1) is 11.2 Å².